The topological polar surface area (TPSA) is 66.9 Å². The fourth-order valence-electron chi connectivity index (χ4n) is 1.34. The largest absolute Gasteiger partial charge is 0.352 e. The Morgan fingerprint density at radius 3 is 2.81 bits per heavy atom. The minimum absolute atomic E-state index is 0.0688. The van der Waals surface area contributed by atoms with Gasteiger partial charge in [-0.2, -0.15) is 0 Å². The minimum Gasteiger partial charge on any atom is -0.352 e. The van der Waals surface area contributed by atoms with Crippen molar-refractivity contribution in [3.63, 3.8) is 0 Å². The van der Waals surface area contributed by atoms with Crippen LogP contribution in [0.5, 0.6) is 0 Å². The molecule has 1 aliphatic carbocycles. The third-order valence-electron chi connectivity index (χ3n) is 2.54. The molecule has 5 nitrogen and oxygen atoms in total. The van der Waals surface area contributed by atoms with E-state index in [2.05, 4.69) is 20.6 Å². The monoisotopic (exact) mass is 220 g/mol. The molecule has 0 spiro atoms. The highest BCUT2D eigenvalue weighted by atomic mass is 16.2. The van der Waals surface area contributed by atoms with Gasteiger partial charge in [0.2, 0.25) is 5.91 Å². The summed E-state index contributed by atoms with van der Waals surface area (Å²) in [4.78, 5) is 19.4. The second kappa shape index (κ2) is 5.03. The lowest BCUT2D eigenvalue weighted by atomic mass is 10.2. The summed E-state index contributed by atoms with van der Waals surface area (Å²) < 4.78 is 0. The maximum absolute atomic E-state index is 11.6. The van der Waals surface area contributed by atoms with Gasteiger partial charge in [0.05, 0.1) is 6.04 Å². The van der Waals surface area contributed by atoms with Crippen LogP contribution in [0.3, 0.4) is 0 Å². The Balaban J connectivity index is 1.74. The zero-order valence-corrected chi connectivity index (χ0v) is 9.31. The van der Waals surface area contributed by atoms with Crippen LogP contribution in [0.25, 0.3) is 0 Å². The molecule has 0 bridgehead atoms. The Morgan fingerprint density at radius 2 is 2.19 bits per heavy atom. The van der Waals surface area contributed by atoms with Crippen LogP contribution >= 0.6 is 0 Å². The molecule has 5 heteroatoms. The molecule has 2 rings (SSSR count). The number of carbonyl (C=O) groups is 1. The number of aromatic nitrogens is 2. The lowest BCUT2D eigenvalue weighted by Gasteiger charge is -2.13. The first kappa shape index (κ1) is 11.0. The zero-order chi connectivity index (χ0) is 11.4. The van der Waals surface area contributed by atoms with Crippen molar-refractivity contribution in [2.75, 3.05) is 0 Å². The van der Waals surface area contributed by atoms with Crippen molar-refractivity contribution in [2.45, 2.75) is 38.4 Å². The summed E-state index contributed by atoms with van der Waals surface area (Å²) in [6, 6.07) is 0.234. The number of carbonyl (C=O) groups excluding carboxylic acids is 1. The maximum Gasteiger partial charge on any atom is 0.237 e. The molecule has 1 aromatic heterocycles. The smallest absolute Gasteiger partial charge is 0.237 e. The third-order valence-corrected chi connectivity index (χ3v) is 2.54. The second-order valence-corrected chi connectivity index (χ2v) is 4.13. The van der Waals surface area contributed by atoms with Gasteiger partial charge in [0.25, 0.3) is 0 Å². The van der Waals surface area contributed by atoms with Gasteiger partial charge in [-0.3, -0.25) is 4.79 Å². The number of amides is 1. The summed E-state index contributed by atoms with van der Waals surface area (Å²) >= 11 is 0. The maximum atomic E-state index is 11.6. The van der Waals surface area contributed by atoms with Gasteiger partial charge >= 0.3 is 0 Å². The quantitative estimate of drug-likeness (QED) is 0.745. The first-order valence-corrected chi connectivity index (χ1v) is 5.53. The van der Waals surface area contributed by atoms with Gasteiger partial charge in [0.1, 0.15) is 6.33 Å². The van der Waals surface area contributed by atoms with Gasteiger partial charge in [-0.1, -0.05) is 0 Å². The molecular weight excluding hydrogens is 204 g/mol. The zero-order valence-electron chi connectivity index (χ0n) is 9.31. The Hall–Kier alpha value is -1.49. The average molecular weight is 220 g/mol. The molecular formula is C11H16N4O. The molecule has 1 saturated carbocycles. The molecule has 0 aromatic carbocycles. The molecule has 0 aliphatic heterocycles. The van der Waals surface area contributed by atoms with E-state index in [0.717, 1.165) is 18.4 Å². The fraction of sp³-hybridized carbons (Fsp3) is 0.545. The van der Waals surface area contributed by atoms with Crippen molar-refractivity contribution in [3.05, 3.63) is 24.3 Å². The van der Waals surface area contributed by atoms with Gasteiger partial charge in [-0.25, -0.2) is 9.97 Å². The Morgan fingerprint density at radius 1 is 1.50 bits per heavy atom. The van der Waals surface area contributed by atoms with Crippen LogP contribution in [-0.4, -0.2) is 28.0 Å². The van der Waals surface area contributed by atoms with E-state index in [9.17, 15) is 4.79 Å². The summed E-state index contributed by atoms with van der Waals surface area (Å²) in [5.74, 6) is 0.0688. The van der Waals surface area contributed by atoms with E-state index in [1.165, 1.54) is 6.33 Å². The SMILES string of the molecule is CC(NCc1cncnc1)C(=O)NC1CC1. The number of nitrogens with one attached hydrogen (secondary N) is 2. The number of nitrogens with zero attached hydrogens (tertiary/aromatic N) is 2. The standard InChI is InChI=1S/C11H16N4O/c1-8(11(16)15-10-2-3-10)14-6-9-4-12-7-13-5-9/h4-5,7-8,10,14H,2-3,6H2,1H3,(H,15,16). The van der Waals surface area contributed by atoms with Crippen LogP contribution in [0.2, 0.25) is 0 Å². The fourth-order valence-corrected chi connectivity index (χ4v) is 1.34. The van der Waals surface area contributed by atoms with E-state index >= 15 is 0 Å². The number of hydrogen-bond donors (Lipinski definition) is 2. The van der Waals surface area contributed by atoms with E-state index in [-0.39, 0.29) is 11.9 Å². The highest BCUT2D eigenvalue weighted by molar-refractivity contribution is 5.81. The van der Waals surface area contributed by atoms with Crippen LogP contribution in [0.15, 0.2) is 18.7 Å². The third kappa shape index (κ3) is 3.27. The predicted octanol–water partition coefficient (Wildman–Crippen LogP) is 0.233. The number of rotatable bonds is 5. The molecule has 1 heterocycles. The van der Waals surface area contributed by atoms with Gasteiger partial charge < -0.3 is 10.6 Å². The van der Waals surface area contributed by atoms with Crippen molar-refractivity contribution in [1.82, 2.24) is 20.6 Å². The highest BCUT2D eigenvalue weighted by Gasteiger charge is 2.25. The van der Waals surface area contributed by atoms with Crippen LogP contribution in [0.1, 0.15) is 25.3 Å². The molecule has 1 aliphatic rings. The van der Waals surface area contributed by atoms with E-state index in [1.54, 1.807) is 12.4 Å². The Labute approximate surface area is 94.7 Å². The van der Waals surface area contributed by atoms with Crippen molar-refractivity contribution in [1.29, 1.82) is 0 Å². The van der Waals surface area contributed by atoms with Gasteiger partial charge in [-0.05, 0) is 19.8 Å². The van der Waals surface area contributed by atoms with Gasteiger partial charge in [-0.15, -0.1) is 0 Å². The summed E-state index contributed by atoms with van der Waals surface area (Å²) in [5, 5.41) is 6.10. The van der Waals surface area contributed by atoms with Gasteiger partial charge in [0, 0.05) is 30.5 Å². The van der Waals surface area contributed by atoms with Crippen LogP contribution in [0.4, 0.5) is 0 Å². The van der Waals surface area contributed by atoms with Gasteiger partial charge in [0.15, 0.2) is 0 Å². The molecule has 16 heavy (non-hydrogen) atoms. The lowest BCUT2D eigenvalue weighted by molar-refractivity contribution is -0.122. The molecule has 1 amide bonds. The minimum atomic E-state index is -0.180. The van der Waals surface area contributed by atoms with Crippen molar-refractivity contribution < 1.29 is 4.79 Å². The lowest BCUT2D eigenvalue weighted by Crippen LogP contribution is -2.42. The normalized spacial score (nSPS) is 16.8. The summed E-state index contributed by atoms with van der Waals surface area (Å²) in [6.07, 6.45) is 7.21. The van der Waals surface area contributed by atoms with E-state index < -0.39 is 0 Å². The van der Waals surface area contributed by atoms with E-state index in [4.69, 9.17) is 0 Å². The Kier molecular flexibility index (Phi) is 3.46. The van der Waals surface area contributed by atoms with Crippen LogP contribution < -0.4 is 10.6 Å². The molecule has 0 radical (unpaired) electrons. The molecule has 1 fully saturated rings. The molecule has 86 valence electrons. The van der Waals surface area contributed by atoms with Crippen LogP contribution in [0, 0.1) is 0 Å². The molecule has 0 saturated heterocycles. The van der Waals surface area contributed by atoms with Crippen LogP contribution in [-0.2, 0) is 11.3 Å². The second-order valence-electron chi connectivity index (χ2n) is 4.13. The number of hydrogen-bond acceptors (Lipinski definition) is 4. The van der Waals surface area contributed by atoms with E-state index in [1.807, 2.05) is 6.92 Å². The highest BCUT2D eigenvalue weighted by Crippen LogP contribution is 2.18. The van der Waals surface area contributed by atoms with Crippen molar-refractivity contribution >= 4 is 5.91 Å². The van der Waals surface area contributed by atoms with Crippen molar-refractivity contribution in [2.24, 2.45) is 0 Å². The molecule has 2 N–H and O–H groups in total. The molecule has 1 unspecified atom stereocenters. The van der Waals surface area contributed by atoms with E-state index in [0.29, 0.717) is 12.6 Å². The summed E-state index contributed by atoms with van der Waals surface area (Å²) in [7, 11) is 0. The molecule has 1 atom stereocenters. The Bertz CT molecular complexity index is 350. The van der Waals surface area contributed by atoms with Crippen molar-refractivity contribution in [3.8, 4) is 0 Å². The predicted molar refractivity (Wildman–Crippen MR) is 59.5 cm³/mol. The summed E-state index contributed by atoms with van der Waals surface area (Å²) in [5.41, 5.74) is 0.980. The first-order chi connectivity index (χ1) is 7.75. The average Bonchev–Trinajstić information content (AvgIpc) is 3.11. The molecule has 1 aromatic rings. The summed E-state index contributed by atoms with van der Waals surface area (Å²) in [6.45, 7) is 2.47. The first-order valence-electron chi connectivity index (χ1n) is 5.53.